The van der Waals surface area contributed by atoms with Gasteiger partial charge in [0, 0.05) is 25.0 Å². The van der Waals surface area contributed by atoms with Crippen LogP contribution in [0.4, 0.5) is 4.79 Å². The summed E-state index contributed by atoms with van der Waals surface area (Å²) in [5.41, 5.74) is 0. The van der Waals surface area contributed by atoms with Crippen LogP contribution in [0.5, 0.6) is 0 Å². The molecule has 2 heterocycles. The molecule has 1 aliphatic heterocycles. The molecular weight excluding hydrogens is 441 g/mol. The van der Waals surface area contributed by atoms with Crippen LogP contribution in [0, 0.1) is 0 Å². The zero-order chi connectivity index (χ0) is 16.7. The Morgan fingerprint density at radius 2 is 2.29 bits per heavy atom. The molecule has 2 rings (SSSR count). The maximum atomic E-state index is 11.5. The first-order valence-corrected chi connectivity index (χ1v) is 8.59. The Morgan fingerprint density at radius 3 is 2.88 bits per heavy atom. The second kappa shape index (κ2) is 10.5. The smallest absolute Gasteiger partial charge is 0.324 e. The Balaban J connectivity index is 0.00000288. The molecule has 0 atom stereocenters. The third-order valence-corrected chi connectivity index (χ3v) is 4.43. The third kappa shape index (κ3) is 5.93. The number of thiophene rings is 1. The van der Waals surface area contributed by atoms with Crippen LogP contribution in [0.25, 0.3) is 0 Å². The van der Waals surface area contributed by atoms with E-state index in [-0.39, 0.29) is 42.5 Å². The van der Waals surface area contributed by atoms with Gasteiger partial charge in [-0.25, -0.2) is 4.79 Å². The van der Waals surface area contributed by atoms with Crippen LogP contribution in [-0.2, 0) is 11.2 Å². The normalized spacial score (nSPS) is 14.4. The molecule has 1 aliphatic rings. The number of urea groups is 1. The number of amides is 3. The van der Waals surface area contributed by atoms with Crippen molar-refractivity contribution in [2.75, 3.05) is 39.8 Å². The van der Waals surface area contributed by atoms with Gasteiger partial charge in [-0.05, 0) is 24.8 Å². The average molecular weight is 465 g/mol. The predicted molar refractivity (Wildman–Crippen MR) is 107 cm³/mol. The van der Waals surface area contributed by atoms with Gasteiger partial charge >= 0.3 is 6.03 Å². The van der Waals surface area contributed by atoms with E-state index in [1.807, 2.05) is 14.0 Å². The molecule has 1 aromatic heterocycles. The Bertz CT molecular complexity index is 548. The minimum absolute atomic E-state index is 0. The van der Waals surface area contributed by atoms with Crippen LogP contribution < -0.4 is 10.6 Å². The first kappa shape index (κ1) is 20.7. The molecule has 0 aliphatic carbocycles. The van der Waals surface area contributed by atoms with Gasteiger partial charge < -0.3 is 15.5 Å². The van der Waals surface area contributed by atoms with Crippen molar-refractivity contribution < 1.29 is 9.59 Å². The number of aliphatic imine (C=N–C) groups is 1. The summed E-state index contributed by atoms with van der Waals surface area (Å²) in [7, 11) is 1.99. The molecule has 1 fully saturated rings. The molecule has 134 valence electrons. The van der Waals surface area contributed by atoms with Crippen LogP contribution in [0.1, 0.15) is 11.8 Å². The lowest BCUT2D eigenvalue weighted by Crippen LogP contribution is -2.41. The molecule has 3 amide bonds. The zero-order valence-corrected chi connectivity index (χ0v) is 17.1. The summed E-state index contributed by atoms with van der Waals surface area (Å²) in [6, 6.07) is 3.85. The summed E-state index contributed by atoms with van der Waals surface area (Å²) in [5.74, 6) is 0.595. The topological polar surface area (TPSA) is 77.0 Å². The van der Waals surface area contributed by atoms with Gasteiger partial charge in [-0.3, -0.25) is 14.7 Å². The number of rotatable bonds is 7. The summed E-state index contributed by atoms with van der Waals surface area (Å²) in [6.45, 7) is 4.42. The fourth-order valence-corrected chi connectivity index (χ4v) is 2.94. The number of guanidine groups is 1. The van der Waals surface area contributed by atoms with Crippen molar-refractivity contribution in [3.63, 3.8) is 0 Å². The number of nitrogens with one attached hydrogen (secondary N) is 2. The third-order valence-electron chi connectivity index (χ3n) is 3.49. The Hall–Kier alpha value is -1.36. The van der Waals surface area contributed by atoms with Crippen LogP contribution in [0.3, 0.4) is 0 Å². The monoisotopic (exact) mass is 465 g/mol. The highest BCUT2D eigenvalue weighted by molar-refractivity contribution is 14.0. The number of hydrogen-bond acceptors (Lipinski definition) is 4. The van der Waals surface area contributed by atoms with Gasteiger partial charge in [-0.1, -0.05) is 6.07 Å². The van der Waals surface area contributed by atoms with Crippen molar-refractivity contribution in [2.24, 2.45) is 4.99 Å². The highest BCUT2D eigenvalue weighted by Gasteiger charge is 2.27. The molecule has 0 unspecified atom stereocenters. The molecular formula is C15H24IN5O2S. The first-order chi connectivity index (χ1) is 11.1. The number of carbonyl (C=O) groups excluding carboxylic acids is 2. The fourth-order valence-electron chi connectivity index (χ4n) is 2.25. The van der Waals surface area contributed by atoms with Crippen LogP contribution in [-0.4, -0.2) is 67.5 Å². The van der Waals surface area contributed by atoms with Crippen molar-refractivity contribution in [1.82, 2.24) is 20.4 Å². The van der Waals surface area contributed by atoms with E-state index in [4.69, 9.17) is 0 Å². The van der Waals surface area contributed by atoms with E-state index in [2.05, 4.69) is 38.0 Å². The van der Waals surface area contributed by atoms with E-state index in [0.717, 1.165) is 25.5 Å². The summed E-state index contributed by atoms with van der Waals surface area (Å²) >= 11 is 1.75. The number of hydrogen-bond donors (Lipinski definition) is 2. The minimum Gasteiger partial charge on any atom is -0.357 e. The van der Waals surface area contributed by atoms with Crippen LogP contribution in [0.2, 0.25) is 0 Å². The van der Waals surface area contributed by atoms with Gasteiger partial charge in [0.2, 0.25) is 5.91 Å². The van der Waals surface area contributed by atoms with E-state index >= 15 is 0 Å². The van der Waals surface area contributed by atoms with E-state index in [1.165, 1.54) is 9.78 Å². The number of halogens is 1. The Kier molecular flexibility index (Phi) is 9.04. The van der Waals surface area contributed by atoms with Gasteiger partial charge in [0.05, 0.1) is 19.6 Å². The summed E-state index contributed by atoms with van der Waals surface area (Å²) < 4.78 is 0. The second-order valence-electron chi connectivity index (χ2n) is 5.19. The van der Waals surface area contributed by atoms with Crippen molar-refractivity contribution >= 4 is 53.2 Å². The van der Waals surface area contributed by atoms with Crippen LogP contribution >= 0.6 is 35.3 Å². The summed E-state index contributed by atoms with van der Waals surface area (Å²) in [6.07, 6.45) is 0.964. The highest BCUT2D eigenvalue weighted by Crippen LogP contribution is 2.09. The Labute approximate surface area is 163 Å². The number of carbonyl (C=O) groups is 2. The molecule has 0 aromatic carbocycles. The lowest BCUT2D eigenvalue weighted by molar-refractivity contribution is -0.124. The van der Waals surface area contributed by atoms with E-state index in [9.17, 15) is 9.59 Å². The summed E-state index contributed by atoms with van der Waals surface area (Å²) in [4.78, 5) is 32.1. The maximum absolute atomic E-state index is 11.5. The van der Waals surface area contributed by atoms with Crippen molar-refractivity contribution in [2.45, 2.75) is 13.3 Å². The molecule has 1 saturated heterocycles. The largest absolute Gasteiger partial charge is 0.357 e. The molecule has 7 nitrogen and oxygen atoms in total. The minimum atomic E-state index is -0.332. The van der Waals surface area contributed by atoms with E-state index in [0.29, 0.717) is 13.1 Å². The maximum Gasteiger partial charge on any atom is 0.324 e. The molecule has 1 aromatic rings. The second-order valence-corrected chi connectivity index (χ2v) is 6.22. The fraction of sp³-hybridized carbons (Fsp3) is 0.533. The van der Waals surface area contributed by atoms with Gasteiger partial charge in [-0.15, -0.1) is 35.3 Å². The van der Waals surface area contributed by atoms with Gasteiger partial charge in [-0.2, -0.15) is 0 Å². The molecule has 24 heavy (non-hydrogen) atoms. The van der Waals surface area contributed by atoms with Crippen molar-refractivity contribution in [3.8, 4) is 0 Å². The Morgan fingerprint density at radius 1 is 1.50 bits per heavy atom. The number of likely N-dealkylation sites (N-methyl/N-ethyl adjacent to an activating group) is 1. The highest BCUT2D eigenvalue weighted by atomic mass is 127. The molecule has 0 radical (unpaired) electrons. The first-order valence-electron chi connectivity index (χ1n) is 7.72. The quantitative estimate of drug-likeness (QED) is 0.276. The lowest BCUT2D eigenvalue weighted by atomic mass is 10.3. The van der Waals surface area contributed by atoms with Gasteiger partial charge in [0.15, 0.2) is 5.96 Å². The van der Waals surface area contributed by atoms with E-state index in [1.54, 1.807) is 11.3 Å². The molecule has 9 heteroatoms. The van der Waals surface area contributed by atoms with Crippen molar-refractivity contribution in [3.05, 3.63) is 22.4 Å². The van der Waals surface area contributed by atoms with E-state index < -0.39 is 0 Å². The van der Waals surface area contributed by atoms with Crippen LogP contribution in [0.15, 0.2) is 22.5 Å². The molecule has 0 saturated carbocycles. The zero-order valence-electron chi connectivity index (χ0n) is 13.9. The molecule has 0 bridgehead atoms. The SMILES string of the molecule is CCNC(=NCCN1C(=O)CNC1=O)N(C)CCc1cccs1.I. The average Bonchev–Trinajstić information content (AvgIpc) is 3.16. The molecule has 0 spiro atoms. The summed E-state index contributed by atoms with van der Waals surface area (Å²) in [5, 5.41) is 7.82. The van der Waals surface area contributed by atoms with Gasteiger partial charge in [0.25, 0.3) is 0 Å². The van der Waals surface area contributed by atoms with Crippen molar-refractivity contribution in [1.29, 1.82) is 0 Å². The lowest BCUT2D eigenvalue weighted by Gasteiger charge is -2.22. The van der Waals surface area contributed by atoms with Gasteiger partial charge in [0.1, 0.15) is 0 Å². The molecule has 2 N–H and O–H groups in total. The number of nitrogens with zero attached hydrogens (tertiary/aromatic N) is 3. The number of imide groups is 1. The predicted octanol–water partition coefficient (Wildman–Crippen LogP) is 1.36. The standard InChI is InChI=1S/C15H23N5O2S.HI/c1-3-16-14(19(2)8-6-12-5-4-10-23-12)17-7-9-20-13(21)11-18-15(20)22;/h4-5,10H,3,6-9,11H2,1-2H3,(H,16,17)(H,18,22);1H.